The van der Waals surface area contributed by atoms with Gasteiger partial charge < -0.3 is 0 Å². The summed E-state index contributed by atoms with van der Waals surface area (Å²) >= 11 is 1.45. The summed E-state index contributed by atoms with van der Waals surface area (Å²) in [5.74, 6) is 0. The molecule has 76 valence electrons. The van der Waals surface area contributed by atoms with Crippen molar-refractivity contribution in [2.45, 2.75) is 22.7 Å². The van der Waals surface area contributed by atoms with Crippen molar-refractivity contribution < 1.29 is 4.74 Å². The van der Waals surface area contributed by atoms with E-state index in [0.717, 1.165) is 17.9 Å². The molecular weight excluding hydrogens is 306 g/mol. The van der Waals surface area contributed by atoms with E-state index in [1.807, 2.05) is 7.11 Å². The monoisotopic (exact) mass is 322 g/mol. The van der Waals surface area contributed by atoms with E-state index in [-0.39, 0.29) is 4.50 Å². The third kappa shape index (κ3) is 2.24. The fourth-order valence-corrected chi connectivity index (χ4v) is 11.7. The Bertz CT molecular complexity index is 301. The average molecular weight is 320 g/mol. The number of ether oxygens (including phenoxy) is 1. The molecule has 1 aromatic carbocycles. The molecule has 1 nitrogen and oxygen atoms in total. The molecule has 0 bridgehead atoms. The first-order valence-electron chi connectivity index (χ1n) is 4.68. The van der Waals surface area contributed by atoms with Crippen LogP contribution < -0.4 is 0 Å². The Morgan fingerprint density at radius 3 is 2.64 bits per heavy atom. The molecule has 0 amide bonds. The van der Waals surface area contributed by atoms with Crippen LogP contribution in [-0.4, -0.2) is 37.9 Å². The molecule has 0 unspecified atom stereocenters. The third-order valence-corrected chi connectivity index (χ3v) is 13.0. The summed E-state index contributed by atoms with van der Waals surface area (Å²) < 4.78 is 5.80. The van der Waals surface area contributed by atoms with E-state index in [1.54, 1.807) is 0 Å². The van der Waals surface area contributed by atoms with Crippen LogP contribution in [0, 0.1) is 0 Å². The molecule has 0 spiro atoms. The Labute approximate surface area is 96.5 Å². The van der Waals surface area contributed by atoms with Crippen molar-refractivity contribution in [2.24, 2.45) is 0 Å². The summed E-state index contributed by atoms with van der Waals surface area (Å²) in [7, 11) is 1.85. The van der Waals surface area contributed by atoms with Crippen LogP contribution >= 0.6 is 0 Å². The van der Waals surface area contributed by atoms with Gasteiger partial charge >= 0.3 is 96.7 Å². The first-order chi connectivity index (χ1) is 6.73. The zero-order valence-electron chi connectivity index (χ0n) is 8.40. The second kappa shape index (κ2) is 4.38. The van der Waals surface area contributed by atoms with Gasteiger partial charge in [0, 0.05) is 0 Å². The standard InChI is InChI=1S/C11H14OSe2/c1-11(12-2)8-10(13-14-11)9-6-4-3-5-7-9/h3-7,10H,8H2,1-2H3/t10-,11-/m0/s1. The summed E-state index contributed by atoms with van der Waals surface area (Å²) in [6, 6.07) is 10.9. The van der Waals surface area contributed by atoms with Crippen molar-refractivity contribution in [3.8, 4) is 0 Å². The molecule has 1 heterocycles. The van der Waals surface area contributed by atoms with Gasteiger partial charge in [0.05, 0.1) is 0 Å². The van der Waals surface area contributed by atoms with Gasteiger partial charge in [-0.1, -0.05) is 0 Å². The van der Waals surface area contributed by atoms with E-state index in [1.165, 1.54) is 12.0 Å². The summed E-state index contributed by atoms with van der Waals surface area (Å²) in [6.07, 6.45) is 1.22. The van der Waals surface area contributed by atoms with E-state index in [0.29, 0.717) is 13.1 Å². The average Bonchev–Trinajstić information content (AvgIpc) is 2.63. The van der Waals surface area contributed by atoms with Gasteiger partial charge in [0.1, 0.15) is 0 Å². The Morgan fingerprint density at radius 2 is 2.07 bits per heavy atom. The van der Waals surface area contributed by atoms with E-state index < -0.39 is 0 Å². The predicted octanol–water partition coefficient (Wildman–Crippen LogP) is 1.82. The van der Waals surface area contributed by atoms with Crippen molar-refractivity contribution in [1.82, 2.24) is 0 Å². The normalized spacial score (nSPS) is 32.0. The molecule has 1 aromatic rings. The Balaban J connectivity index is 2.10. The van der Waals surface area contributed by atoms with Crippen LogP contribution in [0.3, 0.4) is 0 Å². The topological polar surface area (TPSA) is 9.23 Å². The number of hydrogen-bond acceptors (Lipinski definition) is 1. The molecule has 1 saturated heterocycles. The van der Waals surface area contributed by atoms with Crippen molar-refractivity contribution in [3.05, 3.63) is 35.9 Å². The van der Waals surface area contributed by atoms with Gasteiger partial charge in [0.2, 0.25) is 0 Å². The molecule has 0 saturated carbocycles. The summed E-state index contributed by atoms with van der Waals surface area (Å²) in [5, 5.41) is 0. The van der Waals surface area contributed by atoms with Gasteiger partial charge in [-0.3, -0.25) is 0 Å². The molecule has 14 heavy (non-hydrogen) atoms. The van der Waals surface area contributed by atoms with Crippen molar-refractivity contribution in [1.29, 1.82) is 0 Å². The van der Waals surface area contributed by atoms with E-state index in [4.69, 9.17) is 4.74 Å². The summed E-state index contributed by atoms with van der Waals surface area (Å²) in [6.45, 7) is 2.26. The maximum atomic E-state index is 5.59. The van der Waals surface area contributed by atoms with Gasteiger partial charge in [-0.2, -0.15) is 0 Å². The Hall–Kier alpha value is 0.219. The predicted molar refractivity (Wildman–Crippen MR) is 60.7 cm³/mol. The van der Waals surface area contributed by atoms with Crippen molar-refractivity contribution in [2.75, 3.05) is 7.11 Å². The maximum absolute atomic E-state index is 5.59. The number of benzene rings is 1. The van der Waals surface area contributed by atoms with Crippen molar-refractivity contribution in [3.63, 3.8) is 0 Å². The molecular formula is C11H14OSe2. The zero-order chi connectivity index (χ0) is 10.0. The quantitative estimate of drug-likeness (QED) is 0.756. The molecule has 0 radical (unpaired) electrons. The molecule has 1 fully saturated rings. The van der Waals surface area contributed by atoms with Crippen LogP contribution in [0.25, 0.3) is 0 Å². The van der Waals surface area contributed by atoms with Gasteiger partial charge in [-0.15, -0.1) is 0 Å². The van der Waals surface area contributed by atoms with E-state index in [9.17, 15) is 0 Å². The van der Waals surface area contributed by atoms with Gasteiger partial charge in [0.15, 0.2) is 0 Å². The van der Waals surface area contributed by atoms with Crippen LogP contribution in [0.1, 0.15) is 23.7 Å². The van der Waals surface area contributed by atoms with Crippen LogP contribution in [0.4, 0.5) is 0 Å². The molecule has 0 aliphatic carbocycles. The van der Waals surface area contributed by atoms with Gasteiger partial charge in [-0.25, -0.2) is 0 Å². The second-order valence-corrected chi connectivity index (χ2v) is 11.3. The molecule has 2 atom stereocenters. The van der Waals surface area contributed by atoms with Crippen LogP contribution in [0.15, 0.2) is 30.3 Å². The zero-order valence-corrected chi connectivity index (χ0v) is 11.8. The van der Waals surface area contributed by atoms with E-state index in [2.05, 4.69) is 37.3 Å². The number of methoxy groups -OCH3 is 1. The van der Waals surface area contributed by atoms with Gasteiger partial charge in [-0.05, 0) is 0 Å². The SMILES string of the molecule is CO[C@]1(C)C[C@@H](c2ccccc2)[Se][Se]1. The minimum atomic E-state index is 0.202. The van der Waals surface area contributed by atoms with Crippen LogP contribution in [-0.2, 0) is 4.74 Å². The molecule has 1 aliphatic heterocycles. The minimum absolute atomic E-state index is 0.202. The van der Waals surface area contributed by atoms with Crippen LogP contribution in [0.5, 0.6) is 0 Å². The van der Waals surface area contributed by atoms with E-state index >= 15 is 0 Å². The summed E-state index contributed by atoms with van der Waals surface area (Å²) in [4.78, 5) is 0.786. The first kappa shape index (κ1) is 10.7. The fourth-order valence-electron chi connectivity index (χ4n) is 1.52. The molecule has 0 N–H and O–H groups in total. The Morgan fingerprint density at radius 1 is 1.36 bits per heavy atom. The van der Waals surface area contributed by atoms with Crippen LogP contribution in [0.2, 0.25) is 0 Å². The fraction of sp³-hybridized carbons (Fsp3) is 0.455. The molecule has 0 aromatic heterocycles. The number of rotatable bonds is 2. The third-order valence-electron chi connectivity index (χ3n) is 2.50. The first-order valence-corrected chi connectivity index (χ1v) is 10.9. The summed E-state index contributed by atoms with van der Waals surface area (Å²) in [5.41, 5.74) is 1.51. The number of hydrogen-bond donors (Lipinski definition) is 0. The van der Waals surface area contributed by atoms with Gasteiger partial charge in [0.25, 0.3) is 0 Å². The molecule has 3 heteroatoms. The van der Waals surface area contributed by atoms with Crippen molar-refractivity contribution >= 4 is 26.3 Å². The second-order valence-electron chi connectivity index (χ2n) is 3.62. The molecule has 2 rings (SSSR count). The molecule has 1 aliphatic rings. The Kier molecular flexibility index (Phi) is 3.36.